The standard InChI is InChI=1S/C16H25N3O3/c1-3-4-12-8-19(10-15(12)18-16(21)11-20)9-13-7-14(22-2)5-6-17-13/h5-7,12,15,20H,3-4,8-11H2,1-2H3,(H,18,21)/t12-,15-/m1/s1. The molecule has 0 bridgehead atoms. The second-order valence-corrected chi connectivity index (χ2v) is 5.76. The number of aliphatic hydroxyl groups is 1. The van der Waals surface area contributed by atoms with Gasteiger partial charge >= 0.3 is 0 Å². The molecule has 2 heterocycles. The summed E-state index contributed by atoms with van der Waals surface area (Å²) in [5.41, 5.74) is 0.962. The van der Waals surface area contributed by atoms with Gasteiger partial charge in [0.2, 0.25) is 5.91 Å². The second kappa shape index (κ2) is 8.10. The van der Waals surface area contributed by atoms with E-state index in [1.54, 1.807) is 13.3 Å². The zero-order valence-corrected chi connectivity index (χ0v) is 13.3. The van der Waals surface area contributed by atoms with Gasteiger partial charge in [-0.05, 0) is 18.4 Å². The number of hydrogen-bond acceptors (Lipinski definition) is 5. The number of carbonyl (C=O) groups is 1. The molecule has 6 nitrogen and oxygen atoms in total. The second-order valence-electron chi connectivity index (χ2n) is 5.76. The molecule has 2 atom stereocenters. The molecule has 1 aliphatic heterocycles. The van der Waals surface area contributed by atoms with Gasteiger partial charge in [-0.15, -0.1) is 0 Å². The average Bonchev–Trinajstić information content (AvgIpc) is 2.89. The third-order valence-electron chi connectivity index (χ3n) is 4.08. The highest BCUT2D eigenvalue weighted by Gasteiger charge is 2.33. The maximum Gasteiger partial charge on any atom is 0.245 e. The first-order valence-electron chi connectivity index (χ1n) is 7.77. The van der Waals surface area contributed by atoms with Crippen molar-refractivity contribution in [1.82, 2.24) is 15.2 Å². The van der Waals surface area contributed by atoms with Crippen LogP contribution in [0.5, 0.6) is 5.75 Å². The highest BCUT2D eigenvalue weighted by molar-refractivity contribution is 5.77. The summed E-state index contributed by atoms with van der Waals surface area (Å²) in [5, 5.41) is 11.8. The van der Waals surface area contributed by atoms with E-state index in [1.165, 1.54) is 0 Å². The molecular weight excluding hydrogens is 282 g/mol. The summed E-state index contributed by atoms with van der Waals surface area (Å²) in [6, 6.07) is 3.87. The van der Waals surface area contributed by atoms with Crippen molar-refractivity contribution in [2.75, 3.05) is 26.8 Å². The Labute approximate surface area is 131 Å². The van der Waals surface area contributed by atoms with E-state index in [-0.39, 0.29) is 11.9 Å². The Bertz CT molecular complexity index is 495. The molecule has 1 fully saturated rings. The van der Waals surface area contributed by atoms with Crippen LogP contribution >= 0.6 is 0 Å². The predicted molar refractivity (Wildman–Crippen MR) is 83.5 cm³/mol. The third-order valence-corrected chi connectivity index (χ3v) is 4.08. The first-order valence-corrected chi connectivity index (χ1v) is 7.77. The maximum atomic E-state index is 11.5. The molecule has 0 saturated carbocycles. The lowest BCUT2D eigenvalue weighted by molar-refractivity contribution is -0.124. The van der Waals surface area contributed by atoms with Crippen molar-refractivity contribution >= 4 is 5.91 Å². The summed E-state index contributed by atoms with van der Waals surface area (Å²) < 4.78 is 5.22. The molecule has 1 aromatic rings. The molecule has 0 spiro atoms. The van der Waals surface area contributed by atoms with Crippen LogP contribution in [0.3, 0.4) is 0 Å². The van der Waals surface area contributed by atoms with Crippen LogP contribution in [0.1, 0.15) is 25.5 Å². The number of likely N-dealkylation sites (tertiary alicyclic amines) is 1. The summed E-state index contributed by atoms with van der Waals surface area (Å²) in [6.07, 6.45) is 3.90. The van der Waals surface area contributed by atoms with Gasteiger partial charge < -0.3 is 15.2 Å². The van der Waals surface area contributed by atoms with Crippen LogP contribution in [0.25, 0.3) is 0 Å². The molecule has 0 aromatic carbocycles. The largest absolute Gasteiger partial charge is 0.497 e. The molecule has 2 N–H and O–H groups in total. The van der Waals surface area contributed by atoms with Crippen molar-refractivity contribution in [3.8, 4) is 5.75 Å². The van der Waals surface area contributed by atoms with Crippen LogP contribution in [-0.4, -0.2) is 53.7 Å². The SMILES string of the molecule is CCC[C@@H]1CN(Cc2cc(OC)ccn2)C[C@H]1NC(=O)CO. The third kappa shape index (κ3) is 4.42. The van der Waals surface area contributed by atoms with E-state index < -0.39 is 6.61 Å². The van der Waals surface area contributed by atoms with Gasteiger partial charge in [-0.25, -0.2) is 0 Å². The van der Waals surface area contributed by atoms with Gasteiger partial charge in [0.15, 0.2) is 0 Å². The summed E-state index contributed by atoms with van der Waals surface area (Å²) in [6.45, 7) is 4.16. The Morgan fingerprint density at radius 1 is 1.55 bits per heavy atom. The molecule has 122 valence electrons. The fraction of sp³-hybridized carbons (Fsp3) is 0.625. The molecule has 1 amide bonds. The first-order chi connectivity index (χ1) is 10.7. The summed E-state index contributed by atoms with van der Waals surface area (Å²) >= 11 is 0. The Morgan fingerprint density at radius 3 is 3.05 bits per heavy atom. The Morgan fingerprint density at radius 2 is 2.36 bits per heavy atom. The van der Waals surface area contributed by atoms with Crippen molar-refractivity contribution < 1.29 is 14.6 Å². The minimum atomic E-state index is -0.452. The topological polar surface area (TPSA) is 74.7 Å². The van der Waals surface area contributed by atoms with Crippen LogP contribution in [0.4, 0.5) is 0 Å². The number of aromatic nitrogens is 1. The minimum absolute atomic E-state index is 0.102. The van der Waals surface area contributed by atoms with Crippen LogP contribution in [-0.2, 0) is 11.3 Å². The fourth-order valence-corrected chi connectivity index (χ4v) is 3.07. The predicted octanol–water partition coefficient (Wildman–Crippen LogP) is 0.799. The van der Waals surface area contributed by atoms with E-state index in [4.69, 9.17) is 9.84 Å². The van der Waals surface area contributed by atoms with Gasteiger partial charge in [0.05, 0.1) is 12.8 Å². The number of hydrogen-bond donors (Lipinski definition) is 2. The van der Waals surface area contributed by atoms with Gasteiger partial charge in [0.1, 0.15) is 12.4 Å². The number of pyridine rings is 1. The Kier molecular flexibility index (Phi) is 6.15. The first kappa shape index (κ1) is 16.7. The van der Waals surface area contributed by atoms with Gasteiger partial charge in [0, 0.05) is 37.9 Å². The molecule has 0 aliphatic carbocycles. The molecule has 2 rings (SSSR count). The highest BCUT2D eigenvalue weighted by atomic mass is 16.5. The van der Waals surface area contributed by atoms with E-state index in [0.29, 0.717) is 5.92 Å². The van der Waals surface area contributed by atoms with Crippen molar-refractivity contribution in [2.45, 2.75) is 32.4 Å². The molecule has 1 aromatic heterocycles. The van der Waals surface area contributed by atoms with Gasteiger partial charge in [-0.3, -0.25) is 14.7 Å². The number of nitrogens with one attached hydrogen (secondary N) is 1. The molecule has 6 heteroatoms. The zero-order chi connectivity index (χ0) is 15.9. The van der Waals surface area contributed by atoms with Gasteiger partial charge in [0.25, 0.3) is 0 Å². The number of carbonyl (C=O) groups excluding carboxylic acids is 1. The molecule has 0 radical (unpaired) electrons. The normalized spacial score (nSPS) is 21.8. The van der Waals surface area contributed by atoms with Gasteiger partial charge in [-0.2, -0.15) is 0 Å². The Balaban J connectivity index is 1.98. The Hall–Kier alpha value is -1.66. The van der Waals surface area contributed by atoms with E-state index in [0.717, 1.165) is 43.9 Å². The van der Waals surface area contributed by atoms with Crippen LogP contribution in [0.2, 0.25) is 0 Å². The van der Waals surface area contributed by atoms with Gasteiger partial charge in [-0.1, -0.05) is 13.3 Å². The van der Waals surface area contributed by atoms with Crippen LogP contribution in [0.15, 0.2) is 18.3 Å². The minimum Gasteiger partial charge on any atom is -0.497 e. The number of rotatable bonds is 7. The van der Waals surface area contributed by atoms with Crippen LogP contribution in [0, 0.1) is 5.92 Å². The number of methoxy groups -OCH3 is 1. The zero-order valence-electron chi connectivity index (χ0n) is 13.3. The number of nitrogens with zero attached hydrogens (tertiary/aromatic N) is 2. The number of amides is 1. The summed E-state index contributed by atoms with van der Waals surface area (Å²) in [5.74, 6) is 0.929. The maximum absolute atomic E-state index is 11.5. The van der Waals surface area contributed by atoms with Crippen LogP contribution < -0.4 is 10.1 Å². The molecule has 22 heavy (non-hydrogen) atoms. The monoisotopic (exact) mass is 307 g/mol. The molecule has 0 unspecified atom stereocenters. The molecule has 1 saturated heterocycles. The molecular formula is C16H25N3O3. The lowest BCUT2D eigenvalue weighted by atomic mass is 9.98. The average molecular weight is 307 g/mol. The summed E-state index contributed by atoms with van der Waals surface area (Å²) in [7, 11) is 1.65. The van der Waals surface area contributed by atoms with E-state index in [2.05, 4.69) is 22.1 Å². The summed E-state index contributed by atoms with van der Waals surface area (Å²) in [4.78, 5) is 18.1. The number of ether oxygens (including phenoxy) is 1. The van der Waals surface area contributed by atoms with Crippen molar-refractivity contribution in [2.24, 2.45) is 5.92 Å². The highest BCUT2D eigenvalue weighted by Crippen LogP contribution is 2.23. The lowest BCUT2D eigenvalue weighted by Gasteiger charge is -2.18. The quantitative estimate of drug-likeness (QED) is 0.779. The van der Waals surface area contributed by atoms with E-state index in [1.807, 2.05) is 12.1 Å². The van der Waals surface area contributed by atoms with E-state index >= 15 is 0 Å². The van der Waals surface area contributed by atoms with E-state index in [9.17, 15) is 4.79 Å². The van der Waals surface area contributed by atoms with Crippen molar-refractivity contribution in [3.63, 3.8) is 0 Å². The fourth-order valence-electron chi connectivity index (χ4n) is 3.07. The van der Waals surface area contributed by atoms with Crippen molar-refractivity contribution in [3.05, 3.63) is 24.0 Å². The lowest BCUT2D eigenvalue weighted by Crippen LogP contribution is -2.41. The molecule has 1 aliphatic rings. The number of aliphatic hydroxyl groups excluding tert-OH is 1. The smallest absolute Gasteiger partial charge is 0.245 e. The van der Waals surface area contributed by atoms with Crippen molar-refractivity contribution in [1.29, 1.82) is 0 Å².